The van der Waals surface area contributed by atoms with E-state index in [1.54, 1.807) is 0 Å². The monoisotopic (exact) mass is 291 g/mol. The van der Waals surface area contributed by atoms with Crippen LogP contribution in [0.4, 0.5) is 17.6 Å². The molecule has 1 atom stereocenters. The van der Waals surface area contributed by atoms with Crippen molar-refractivity contribution in [3.63, 3.8) is 0 Å². The van der Waals surface area contributed by atoms with E-state index in [9.17, 15) is 22.4 Å². The van der Waals surface area contributed by atoms with E-state index in [1.807, 2.05) is 0 Å². The average molecular weight is 291 g/mol. The molecule has 20 heavy (non-hydrogen) atoms. The fourth-order valence-corrected chi connectivity index (χ4v) is 1.73. The third-order valence-electron chi connectivity index (χ3n) is 2.92. The average Bonchev–Trinajstić information content (AvgIpc) is 2.72. The second-order valence-electron chi connectivity index (χ2n) is 4.53. The van der Waals surface area contributed by atoms with Gasteiger partial charge in [-0.1, -0.05) is 11.2 Å². The minimum Gasteiger partial charge on any atom is -0.478 e. The first kappa shape index (κ1) is 14.3. The summed E-state index contributed by atoms with van der Waals surface area (Å²) in [6, 6.07) is 2.35. The third kappa shape index (κ3) is 2.45. The number of aliphatic carboxylic acids is 1. The van der Waals surface area contributed by atoms with Crippen molar-refractivity contribution in [1.29, 1.82) is 0 Å². The SMILES string of the molecule is CC1(C(=O)O)CC(c2ccc(F)c(C(F)(F)F)c2)=NO1. The van der Waals surface area contributed by atoms with Crippen molar-refractivity contribution in [3.8, 4) is 0 Å². The van der Waals surface area contributed by atoms with Crippen LogP contribution in [0, 0.1) is 5.82 Å². The molecule has 1 aliphatic heterocycles. The van der Waals surface area contributed by atoms with Gasteiger partial charge in [0, 0.05) is 12.0 Å². The number of nitrogens with zero attached hydrogens (tertiary/aromatic N) is 1. The van der Waals surface area contributed by atoms with Gasteiger partial charge in [0.2, 0.25) is 5.60 Å². The van der Waals surface area contributed by atoms with Crippen molar-refractivity contribution in [3.05, 3.63) is 35.1 Å². The molecule has 108 valence electrons. The van der Waals surface area contributed by atoms with Crippen molar-refractivity contribution >= 4 is 11.7 Å². The van der Waals surface area contributed by atoms with Crippen LogP contribution in [0.15, 0.2) is 23.4 Å². The smallest absolute Gasteiger partial charge is 0.419 e. The first-order valence-electron chi connectivity index (χ1n) is 5.49. The number of hydrogen-bond donors (Lipinski definition) is 1. The van der Waals surface area contributed by atoms with Gasteiger partial charge in [-0.05, 0) is 19.1 Å². The standard InChI is InChI=1S/C12H9F4NO3/c1-11(10(18)19)5-9(17-20-11)6-2-3-8(13)7(4-6)12(14,15)16/h2-4H,5H2,1H3,(H,18,19). The molecule has 2 rings (SSSR count). The van der Waals surface area contributed by atoms with Crippen LogP contribution in [-0.2, 0) is 15.8 Å². The lowest BCUT2D eigenvalue weighted by molar-refractivity contribution is -0.160. The van der Waals surface area contributed by atoms with Gasteiger partial charge >= 0.3 is 12.1 Å². The number of carboxylic acids is 1. The molecule has 1 aromatic rings. The molecule has 8 heteroatoms. The summed E-state index contributed by atoms with van der Waals surface area (Å²) >= 11 is 0. The number of hydrogen-bond acceptors (Lipinski definition) is 3. The van der Waals surface area contributed by atoms with E-state index in [4.69, 9.17) is 9.94 Å². The maximum absolute atomic E-state index is 13.1. The number of oxime groups is 1. The van der Waals surface area contributed by atoms with Crippen molar-refractivity contribution < 1.29 is 32.3 Å². The molecule has 1 aromatic carbocycles. The quantitative estimate of drug-likeness (QED) is 0.852. The number of rotatable bonds is 2. The molecule has 1 aliphatic rings. The van der Waals surface area contributed by atoms with Crippen molar-refractivity contribution in [2.24, 2.45) is 5.16 Å². The van der Waals surface area contributed by atoms with Crippen LogP contribution >= 0.6 is 0 Å². The first-order chi connectivity index (χ1) is 9.13. The van der Waals surface area contributed by atoms with Crippen molar-refractivity contribution in [2.75, 3.05) is 0 Å². The minimum absolute atomic E-state index is 0.0244. The summed E-state index contributed by atoms with van der Waals surface area (Å²) in [5, 5.41) is 12.4. The topological polar surface area (TPSA) is 58.9 Å². The highest BCUT2D eigenvalue weighted by atomic mass is 19.4. The van der Waals surface area contributed by atoms with Crippen LogP contribution in [0.2, 0.25) is 0 Å². The maximum Gasteiger partial charge on any atom is 0.419 e. The molecule has 0 radical (unpaired) electrons. The largest absolute Gasteiger partial charge is 0.478 e. The van der Waals surface area contributed by atoms with Gasteiger partial charge in [-0.15, -0.1) is 0 Å². The Labute approximate surface area is 110 Å². The van der Waals surface area contributed by atoms with Gasteiger partial charge < -0.3 is 9.94 Å². The Balaban J connectivity index is 2.35. The van der Waals surface area contributed by atoms with Gasteiger partial charge in [0.05, 0.1) is 11.3 Å². The Morgan fingerprint density at radius 3 is 2.60 bits per heavy atom. The highest BCUT2D eigenvalue weighted by molar-refractivity contribution is 6.04. The van der Waals surface area contributed by atoms with E-state index in [0.717, 1.165) is 6.07 Å². The molecular formula is C12H9F4NO3. The van der Waals surface area contributed by atoms with E-state index in [1.165, 1.54) is 6.92 Å². The number of alkyl halides is 3. The predicted molar refractivity (Wildman–Crippen MR) is 59.7 cm³/mol. The summed E-state index contributed by atoms with van der Waals surface area (Å²) in [6.07, 6.45) is -5.04. The molecule has 0 saturated carbocycles. The lowest BCUT2D eigenvalue weighted by Crippen LogP contribution is -2.35. The normalized spacial score (nSPS) is 22.4. The summed E-state index contributed by atoms with van der Waals surface area (Å²) < 4.78 is 50.9. The number of halogens is 4. The number of carbonyl (C=O) groups is 1. The molecule has 1 N–H and O–H groups in total. The minimum atomic E-state index is -4.84. The van der Waals surface area contributed by atoms with Crippen LogP contribution in [-0.4, -0.2) is 22.4 Å². The van der Waals surface area contributed by atoms with E-state index in [-0.39, 0.29) is 17.7 Å². The summed E-state index contributed by atoms with van der Waals surface area (Å²) in [5.41, 5.74) is -3.05. The van der Waals surface area contributed by atoms with Gasteiger partial charge in [0.15, 0.2) is 0 Å². The molecule has 0 aliphatic carbocycles. The molecule has 0 spiro atoms. The van der Waals surface area contributed by atoms with Crippen LogP contribution in [0.25, 0.3) is 0 Å². The van der Waals surface area contributed by atoms with E-state index >= 15 is 0 Å². The van der Waals surface area contributed by atoms with Crippen LogP contribution in [0.5, 0.6) is 0 Å². The summed E-state index contributed by atoms with van der Waals surface area (Å²) in [5.74, 6) is -2.68. The Bertz CT molecular complexity index is 597. The number of benzene rings is 1. The predicted octanol–water partition coefficient (Wildman–Crippen LogP) is 2.81. The first-order valence-corrected chi connectivity index (χ1v) is 5.49. The molecule has 4 nitrogen and oxygen atoms in total. The van der Waals surface area contributed by atoms with Crippen molar-refractivity contribution in [2.45, 2.75) is 25.1 Å². The van der Waals surface area contributed by atoms with Gasteiger partial charge in [-0.2, -0.15) is 13.2 Å². The maximum atomic E-state index is 13.1. The molecule has 0 aromatic heterocycles. The zero-order valence-corrected chi connectivity index (χ0v) is 10.2. The number of carboxylic acid groups (broad SMARTS) is 1. The molecule has 0 saturated heterocycles. The lowest BCUT2D eigenvalue weighted by Gasteiger charge is -2.14. The lowest BCUT2D eigenvalue weighted by atomic mass is 9.95. The van der Waals surface area contributed by atoms with E-state index in [2.05, 4.69) is 5.16 Å². The highest BCUT2D eigenvalue weighted by Gasteiger charge is 2.43. The molecular weight excluding hydrogens is 282 g/mol. The second kappa shape index (κ2) is 4.46. The van der Waals surface area contributed by atoms with Gasteiger partial charge in [0.25, 0.3) is 0 Å². The Morgan fingerprint density at radius 1 is 1.45 bits per heavy atom. The summed E-state index contributed by atoms with van der Waals surface area (Å²) in [6.45, 7) is 1.25. The Kier molecular flexibility index (Phi) is 3.19. The summed E-state index contributed by atoms with van der Waals surface area (Å²) in [7, 11) is 0. The Morgan fingerprint density at radius 2 is 2.10 bits per heavy atom. The molecule has 0 fully saturated rings. The van der Waals surface area contributed by atoms with Crippen LogP contribution < -0.4 is 0 Å². The van der Waals surface area contributed by atoms with E-state index < -0.39 is 29.1 Å². The molecule has 0 amide bonds. The molecule has 1 unspecified atom stereocenters. The van der Waals surface area contributed by atoms with Gasteiger partial charge in [-0.25, -0.2) is 9.18 Å². The fraction of sp³-hybridized carbons (Fsp3) is 0.333. The van der Waals surface area contributed by atoms with Gasteiger partial charge in [-0.3, -0.25) is 0 Å². The second-order valence-corrected chi connectivity index (χ2v) is 4.53. The van der Waals surface area contributed by atoms with Gasteiger partial charge in [0.1, 0.15) is 5.82 Å². The molecule has 0 bridgehead atoms. The fourth-order valence-electron chi connectivity index (χ4n) is 1.73. The van der Waals surface area contributed by atoms with Crippen molar-refractivity contribution in [1.82, 2.24) is 0 Å². The van der Waals surface area contributed by atoms with Crippen LogP contribution in [0.3, 0.4) is 0 Å². The molecule has 1 heterocycles. The zero-order valence-electron chi connectivity index (χ0n) is 10.2. The Hall–Kier alpha value is -2.12. The van der Waals surface area contributed by atoms with E-state index in [0.29, 0.717) is 12.1 Å². The van der Waals surface area contributed by atoms with Crippen LogP contribution in [0.1, 0.15) is 24.5 Å². The third-order valence-corrected chi connectivity index (χ3v) is 2.92. The highest BCUT2D eigenvalue weighted by Crippen LogP contribution is 2.33. The zero-order chi connectivity index (χ0) is 15.1. The summed E-state index contributed by atoms with van der Waals surface area (Å²) in [4.78, 5) is 15.7.